The third-order valence-electron chi connectivity index (χ3n) is 1.74. The first kappa shape index (κ1) is 9.55. The van der Waals surface area contributed by atoms with Crippen LogP contribution < -0.4 is 5.32 Å². The van der Waals surface area contributed by atoms with Gasteiger partial charge in [0.05, 0.1) is 12.7 Å². The highest BCUT2D eigenvalue weighted by atomic mass is 35.5. The van der Waals surface area contributed by atoms with E-state index in [2.05, 4.69) is 17.2 Å². The van der Waals surface area contributed by atoms with Gasteiger partial charge in [-0.05, 0) is 13.0 Å². The first-order valence-electron chi connectivity index (χ1n) is 4.12. The van der Waals surface area contributed by atoms with Crippen molar-refractivity contribution in [2.75, 3.05) is 6.54 Å². The van der Waals surface area contributed by atoms with Gasteiger partial charge in [0.15, 0.2) is 0 Å². The van der Waals surface area contributed by atoms with Gasteiger partial charge < -0.3 is 9.88 Å². The zero-order valence-electron chi connectivity index (χ0n) is 7.47. The third kappa shape index (κ3) is 2.22. The van der Waals surface area contributed by atoms with E-state index in [0.29, 0.717) is 5.15 Å². The summed E-state index contributed by atoms with van der Waals surface area (Å²) in [6.07, 6.45) is 2.81. The molecule has 1 heterocycles. The van der Waals surface area contributed by atoms with Crippen LogP contribution in [0.1, 0.15) is 19.2 Å². The molecule has 0 aromatic carbocycles. The van der Waals surface area contributed by atoms with Gasteiger partial charge in [-0.3, -0.25) is 0 Å². The zero-order valence-corrected chi connectivity index (χ0v) is 8.23. The lowest BCUT2D eigenvalue weighted by Crippen LogP contribution is -2.16. The summed E-state index contributed by atoms with van der Waals surface area (Å²) >= 11 is 5.81. The Labute approximate surface area is 77.7 Å². The SMILES string of the molecule is CCCNCc1ncc(Cl)n1C. The second-order valence-corrected chi connectivity index (χ2v) is 3.12. The van der Waals surface area contributed by atoms with Gasteiger partial charge in [0.25, 0.3) is 0 Å². The standard InChI is InChI=1S/C8H14ClN3/c1-3-4-10-6-8-11-5-7(9)12(8)2/h5,10H,3-4,6H2,1-2H3. The summed E-state index contributed by atoms with van der Waals surface area (Å²) in [6.45, 7) is 3.94. The van der Waals surface area contributed by atoms with E-state index in [1.165, 1.54) is 0 Å². The molecule has 12 heavy (non-hydrogen) atoms. The molecule has 0 unspecified atom stereocenters. The van der Waals surface area contributed by atoms with E-state index in [1.54, 1.807) is 6.20 Å². The largest absolute Gasteiger partial charge is 0.321 e. The molecule has 0 fully saturated rings. The second kappa shape index (κ2) is 4.48. The predicted molar refractivity (Wildman–Crippen MR) is 50.2 cm³/mol. The maximum atomic E-state index is 5.81. The Kier molecular flexibility index (Phi) is 3.56. The van der Waals surface area contributed by atoms with Gasteiger partial charge in [-0.25, -0.2) is 4.98 Å². The fraction of sp³-hybridized carbons (Fsp3) is 0.625. The van der Waals surface area contributed by atoms with Crippen LogP contribution in [0.4, 0.5) is 0 Å². The average Bonchev–Trinajstić information content (AvgIpc) is 2.36. The molecule has 0 aliphatic heterocycles. The van der Waals surface area contributed by atoms with Crippen molar-refractivity contribution >= 4 is 11.6 Å². The molecule has 0 saturated carbocycles. The minimum Gasteiger partial charge on any atom is -0.321 e. The van der Waals surface area contributed by atoms with Crippen molar-refractivity contribution in [2.45, 2.75) is 19.9 Å². The number of nitrogens with zero attached hydrogens (tertiary/aromatic N) is 2. The van der Waals surface area contributed by atoms with Crippen LogP contribution in [-0.2, 0) is 13.6 Å². The number of nitrogens with one attached hydrogen (secondary N) is 1. The van der Waals surface area contributed by atoms with Crippen LogP contribution in [-0.4, -0.2) is 16.1 Å². The van der Waals surface area contributed by atoms with Crippen LogP contribution in [0, 0.1) is 0 Å². The van der Waals surface area contributed by atoms with Gasteiger partial charge in [-0.15, -0.1) is 0 Å². The third-order valence-corrected chi connectivity index (χ3v) is 2.09. The second-order valence-electron chi connectivity index (χ2n) is 2.73. The molecule has 0 saturated heterocycles. The summed E-state index contributed by atoms with van der Waals surface area (Å²) in [5.41, 5.74) is 0. The van der Waals surface area contributed by atoms with E-state index in [4.69, 9.17) is 11.6 Å². The number of imidazole rings is 1. The van der Waals surface area contributed by atoms with Crippen molar-refractivity contribution in [2.24, 2.45) is 7.05 Å². The number of hydrogen-bond acceptors (Lipinski definition) is 2. The van der Waals surface area contributed by atoms with E-state index in [0.717, 1.165) is 25.3 Å². The van der Waals surface area contributed by atoms with Gasteiger partial charge in [0.1, 0.15) is 11.0 Å². The molecule has 68 valence electrons. The van der Waals surface area contributed by atoms with Gasteiger partial charge in [-0.1, -0.05) is 18.5 Å². The Bertz CT molecular complexity index is 244. The number of halogens is 1. The smallest absolute Gasteiger partial charge is 0.128 e. The predicted octanol–water partition coefficient (Wildman–Crippen LogP) is 1.57. The summed E-state index contributed by atoms with van der Waals surface area (Å²) in [7, 11) is 1.91. The first-order valence-corrected chi connectivity index (χ1v) is 4.50. The molecule has 0 radical (unpaired) electrons. The maximum absolute atomic E-state index is 5.81. The molecule has 0 amide bonds. The summed E-state index contributed by atoms with van der Waals surface area (Å²) in [5.74, 6) is 0.980. The van der Waals surface area contributed by atoms with Crippen molar-refractivity contribution in [3.8, 4) is 0 Å². The molecule has 1 rings (SSSR count). The monoisotopic (exact) mass is 187 g/mol. The van der Waals surface area contributed by atoms with Crippen molar-refractivity contribution in [1.29, 1.82) is 0 Å². The fourth-order valence-electron chi connectivity index (χ4n) is 0.965. The topological polar surface area (TPSA) is 29.9 Å². The molecule has 0 aliphatic rings. The lowest BCUT2D eigenvalue weighted by atomic mass is 10.4. The zero-order chi connectivity index (χ0) is 8.97. The van der Waals surface area contributed by atoms with Crippen molar-refractivity contribution in [1.82, 2.24) is 14.9 Å². The summed E-state index contributed by atoms with van der Waals surface area (Å²) in [5, 5.41) is 3.95. The van der Waals surface area contributed by atoms with E-state index in [1.807, 2.05) is 11.6 Å². The summed E-state index contributed by atoms with van der Waals surface area (Å²) in [6, 6.07) is 0. The normalized spacial score (nSPS) is 10.6. The Balaban J connectivity index is 2.46. The molecule has 1 aromatic heterocycles. The van der Waals surface area contributed by atoms with Crippen LogP contribution in [0.2, 0.25) is 5.15 Å². The lowest BCUT2D eigenvalue weighted by molar-refractivity contribution is 0.630. The molecule has 0 aliphatic carbocycles. The number of rotatable bonds is 4. The van der Waals surface area contributed by atoms with E-state index in [9.17, 15) is 0 Å². The fourth-order valence-corrected chi connectivity index (χ4v) is 1.11. The highest BCUT2D eigenvalue weighted by Crippen LogP contribution is 2.08. The molecule has 0 bridgehead atoms. The molecule has 1 N–H and O–H groups in total. The Morgan fingerprint density at radius 1 is 1.67 bits per heavy atom. The van der Waals surface area contributed by atoms with Gasteiger partial charge in [0, 0.05) is 7.05 Å². The molecule has 3 nitrogen and oxygen atoms in total. The Hall–Kier alpha value is -0.540. The van der Waals surface area contributed by atoms with E-state index < -0.39 is 0 Å². The van der Waals surface area contributed by atoms with Crippen molar-refractivity contribution < 1.29 is 0 Å². The van der Waals surface area contributed by atoms with Crippen LogP contribution in [0.5, 0.6) is 0 Å². The molecule has 1 aromatic rings. The van der Waals surface area contributed by atoms with Crippen LogP contribution in [0.25, 0.3) is 0 Å². The molecule has 0 spiro atoms. The van der Waals surface area contributed by atoms with Crippen LogP contribution >= 0.6 is 11.6 Å². The summed E-state index contributed by atoms with van der Waals surface area (Å²) in [4.78, 5) is 4.16. The molecular formula is C8H14ClN3. The van der Waals surface area contributed by atoms with E-state index in [-0.39, 0.29) is 0 Å². The molecule has 0 atom stereocenters. The Morgan fingerprint density at radius 3 is 2.92 bits per heavy atom. The highest BCUT2D eigenvalue weighted by Gasteiger charge is 2.02. The molecule has 4 heteroatoms. The number of hydrogen-bond donors (Lipinski definition) is 1. The minimum absolute atomic E-state index is 0.684. The van der Waals surface area contributed by atoms with Crippen molar-refractivity contribution in [3.05, 3.63) is 17.2 Å². The van der Waals surface area contributed by atoms with Gasteiger partial charge >= 0.3 is 0 Å². The summed E-state index contributed by atoms with van der Waals surface area (Å²) < 4.78 is 1.88. The lowest BCUT2D eigenvalue weighted by Gasteiger charge is -2.03. The molecular weight excluding hydrogens is 174 g/mol. The Morgan fingerprint density at radius 2 is 2.42 bits per heavy atom. The first-order chi connectivity index (χ1) is 5.75. The van der Waals surface area contributed by atoms with Gasteiger partial charge in [-0.2, -0.15) is 0 Å². The van der Waals surface area contributed by atoms with Crippen LogP contribution in [0.15, 0.2) is 6.20 Å². The number of aromatic nitrogens is 2. The van der Waals surface area contributed by atoms with E-state index >= 15 is 0 Å². The quantitative estimate of drug-likeness (QED) is 0.726. The average molecular weight is 188 g/mol. The van der Waals surface area contributed by atoms with Crippen molar-refractivity contribution in [3.63, 3.8) is 0 Å². The highest BCUT2D eigenvalue weighted by molar-refractivity contribution is 6.29. The van der Waals surface area contributed by atoms with Crippen LogP contribution in [0.3, 0.4) is 0 Å². The minimum atomic E-state index is 0.684. The maximum Gasteiger partial charge on any atom is 0.128 e. The van der Waals surface area contributed by atoms with Gasteiger partial charge in [0.2, 0.25) is 0 Å².